The molecule has 1 aromatic heterocycles. The van der Waals surface area contributed by atoms with Gasteiger partial charge in [-0.25, -0.2) is 9.18 Å². The van der Waals surface area contributed by atoms with Gasteiger partial charge in [-0.2, -0.15) is 5.10 Å². The first-order chi connectivity index (χ1) is 13.7. The van der Waals surface area contributed by atoms with E-state index in [9.17, 15) is 18.8 Å². The lowest BCUT2D eigenvalue weighted by Crippen LogP contribution is -2.51. The molecular weight excluding hydrogens is 383 g/mol. The number of nitrogens with one attached hydrogen (secondary N) is 1. The van der Waals surface area contributed by atoms with Crippen molar-refractivity contribution in [2.75, 3.05) is 26.1 Å². The Labute approximate surface area is 166 Å². The number of halogens is 1. The van der Waals surface area contributed by atoms with Gasteiger partial charge in [-0.05, 0) is 24.6 Å². The maximum absolute atomic E-state index is 13.3. The number of carbonyl (C=O) groups is 3. The Morgan fingerprint density at radius 3 is 2.55 bits per heavy atom. The van der Waals surface area contributed by atoms with E-state index in [1.54, 1.807) is 21.0 Å². The Balaban J connectivity index is 1.94. The number of ether oxygens (including phenoxy) is 2. The standard InChI is InChI=1S/C19H21FN4O5/c1-10-14(16(19(27)28-4)24(3)22-10)21-18(26)17-15(23(2)13(25)9-29-17)11-5-7-12(20)8-6-11/h5-8,15,17H,9H2,1-4H3,(H,21,26). The van der Waals surface area contributed by atoms with E-state index in [0.717, 1.165) is 0 Å². The maximum Gasteiger partial charge on any atom is 0.358 e. The van der Waals surface area contributed by atoms with E-state index in [2.05, 4.69) is 10.4 Å². The highest BCUT2D eigenvalue weighted by Gasteiger charge is 2.40. The first-order valence-corrected chi connectivity index (χ1v) is 8.80. The quantitative estimate of drug-likeness (QED) is 0.768. The molecule has 0 aliphatic carbocycles. The van der Waals surface area contributed by atoms with Crippen molar-refractivity contribution in [3.63, 3.8) is 0 Å². The number of rotatable bonds is 4. The second-order valence-corrected chi connectivity index (χ2v) is 6.65. The summed E-state index contributed by atoms with van der Waals surface area (Å²) in [5.41, 5.74) is 1.24. The van der Waals surface area contributed by atoms with Crippen LogP contribution in [-0.4, -0.2) is 59.3 Å². The fourth-order valence-corrected chi connectivity index (χ4v) is 3.32. The van der Waals surface area contributed by atoms with E-state index in [0.29, 0.717) is 11.3 Å². The molecule has 9 nitrogen and oxygen atoms in total. The van der Waals surface area contributed by atoms with E-state index in [1.165, 1.54) is 41.0 Å². The van der Waals surface area contributed by atoms with Crippen LogP contribution in [0.5, 0.6) is 0 Å². The van der Waals surface area contributed by atoms with Crippen LogP contribution < -0.4 is 5.32 Å². The fraction of sp³-hybridized carbons (Fsp3) is 0.368. The normalized spacial score (nSPS) is 19.2. The lowest BCUT2D eigenvalue weighted by Gasteiger charge is -2.38. The highest BCUT2D eigenvalue weighted by atomic mass is 19.1. The molecule has 2 unspecified atom stereocenters. The second kappa shape index (κ2) is 8.00. The maximum atomic E-state index is 13.3. The number of methoxy groups -OCH3 is 1. The van der Waals surface area contributed by atoms with E-state index in [-0.39, 0.29) is 23.9 Å². The van der Waals surface area contributed by atoms with Crippen molar-refractivity contribution < 1.29 is 28.2 Å². The molecule has 1 aliphatic heterocycles. The minimum atomic E-state index is -1.08. The predicted octanol–water partition coefficient (Wildman–Crippen LogP) is 1.19. The van der Waals surface area contributed by atoms with Crippen LogP contribution >= 0.6 is 0 Å². The van der Waals surface area contributed by atoms with E-state index in [4.69, 9.17) is 9.47 Å². The van der Waals surface area contributed by atoms with Crippen LogP contribution in [0, 0.1) is 12.7 Å². The monoisotopic (exact) mass is 404 g/mol. The summed E-state index contributed by atoms with van der Waals surface area (Å²) in [6, 6.07) is 4.72. The summed E-state index contributed by atoms with van der Waals surface area (Å²) in [5, 5.41) is 6.82. The van der Waals surface area contributed by atoms with Crippen LogP contribution in [0.2, 0.25) is 0 Å². The van der Waals surface area contributed by atoms with Crippen LogP contribution in [0.25, 0.3) is 0 Å². The number of amides is 2. The van der Waals surface area contributed by atoms with Gasteiger partial charge < -0.3 is 19.7 Å². The Hall–Kier alpha value is -3.27. The van der Waals surface area contributed by atoms with Crippen molar-refractivity contribution in [3.8, 4) is 0 Å². The van der Waals surface area contributed by atoms with Gasteiger partial charge in [-0.1, -0.05) is 12.1 Å². The molecule has 2 heterocycles. The Bertz CT molecular complexity index is 956. The van der Waals surface area contributed by atoms with Gasteiger partial charge >= 0.3 is 5.97 Å². The third kappa shape index (κ3) is 3.83. The number of likely N-dealkylation sites (N-methyl/N-ethyl adjacent to an activating group) is 1. The molecule has 10 heteroatoms. The zero-order valence-corrected chi connectivity index (χ0v) is 16.4. The molecule has 1 saturated heterocycles. The summed E-state index contributed by atoms with van der Waals surface area (Å²) < 4.78 is 24.9. The summed E-state index contributed by atoms with van der Waals surface area (Å²) in [7, 11) is 4.33. The third-order valence-electron chi connectivity index (χ3n) is 4.80. The van der Waals surface area contributed by atoms with Gasteiger partial charge in [0.05, 0.1) is 24.5 Å². The largest absolute Gasteiger partial charge is 0.464 e. The molecule has 3 rings (SSSR count). The van der Waals surface area contributed by atoms with Crippen molar-refractivity contribution in [1.82, 2.24) is 14.7 Å². The Morgan fingerprint density at radius 1 is 1.28 bits per heavy atom. The Kier molecular flexibility index (Phi) is 5.64. The predicted molar refractivity (Wildman–Crippen MR) is 99.6 cm³/mol. The number of hydrogen-bond donors (Lipinski definition) is 1. The zero-order chi connectivity index (χ0) is 21.3. The lowest BCUT2D eigenvalue weighted by molar-refractivity contribution is -0.160. The highest BCUT2D eigenvalue weighted by molar-refractivity contribution is 6.03. The number of carbonyl (C=O) groups excluding carboxylic acids is 3. The third-order valence-corrected chi connectivity index (χ3v) is 4.80. The molecule has 0 spiro atoms. The molecule has 1 aromatic carbocycles. The second-order valence-electron chi connectivity index (χ2n) is 6.65. The summed E-state index contributed by atoms with van der Waals surface area (Å²) in [6.45, 7) is 1.36. The topological polar surface area (TPSA) is 103 Å². The number of benzene rings is 1. The van der Waals surface area contributed by atoms with Crippen LogP contribution in [0.15, 0.2) is 24.3 Å². The van der Waals surface area contributed by atoms with Gasteiger partial charge in [0.1, 0.15) is 12.4 Å². The van der Waals surface area contributed by atoms with Gasteiger partial charge in [-0.3, -0.25) is 14.3 Å². The Morgan fingerprint density at radius 2 is 1.93 bits per heavy atom. The molecule has 2 aromatic rings. The van der Waals surface area contributed by atoms with Crippen molar-refractivity contribution in [1.29, 1.82) is 0 Å². The number of anilines is 1. The first kappa shape index (κ1) is 20.5. The first-order valence-electron chi connectivity index (χ1n) is 8.80. The van der Waals surface area contributed by atoms with Gasteiger partial charge in [0, 0.05) is 14.1 Å². The van der Waals surface area contributed by atoms with Gasteiger partial charge in [0.2, 0.25) is 5.91 Å². The van der Waals surface area contributed by atoms with E-state index >= 15 is 0 Å². The van der Waals surface area contributed by atoms with Crippen molar-refractivity contribution in [3.05, 3.63) is 47.0 Å². The van der Waals surface area contributed by atoms with E-state index in [1.807, 2.05) is 0 Å². The molecule has 0 bridgehead atoms. The van der Waals surface area contributed by atoms with Crippen LogP contribution in [0.3, 0.4) is 0 Å². The highest BCUT2D eigenvalue weighted by Crippen LogP contribution is 2.31. The van der Waals surface area contributed by atoms with Crippen LogP contribution in [0.4, 0.5) is 10.1 Å². The molecule has 0 radical (unpaired) electrons. The lowest BCUT2D eigenvalue weighted by atomic mass is 9.97. The number of morpholine rings is 1. The fourth-order valence-electron chi connectivity index (χ4n) is 3.32. The SMILES string of the molecule is COC(=O)c1c(NC(=O)C2OCC(=O)N(C)C2c2ccc(F)cc2)c(C)nn1C. The number of aryl methyl sites for hydroxylation is 2. The molecule has 154 valence electrons. The van der Waals surface area contributed by atoms with Crippen molar-refractivity contribution in [2.45, 2.75) is 19.1 Å². The number of esters is 1. The van der Waals surface area contributed by atoms with Gasteiger partial charge in [-0.15, -0.1) is 0 Å². The summed E-state index contributed by atoms with van der Waals surface area (Å²) in [4.78, 5) is 38.7. The average Bonchev–Trinajstić information content (AvgIpc) is 2.97. The molecule has 0 saturated carbocycles. The minimum absolute atomic E-state index is 0.0805. The number of hydrogen-bond acceptors (Lipinski definition) is 6. The molecular formula is C19H21FN4O5. The van der Waals surface area contributed by atoms with Crippen molar-refractivity contribution in [2.24, 2.45) is 7.05 Å². The van der Waals surface area contributed by atoms with E-state index < -0.39 is 29.8 Å². The summed E-state index contributed by atoms with van der Waals surface area (Å²) in [5.74, 6) is -1.97. The average molecular weight is 404 g/mol. The minimum Gasteiger partial charge on any atom is -0.464 e. The number of aromatic nitrogens is 2. The molecule has 1 N–H and O–H groups in total. The molecule has 1 aliphatic rings. The van der Waals surface area contributed by atoms with Crippen molar-refractivity contribution >= 4 is 23.5 Å². The number of nitrogens with zero attached hydrogens (tertiary/aromatic N) is 3. The van der Waals surface area contributed by atoms with Crippen LogP contribution in [0.1, 0.15) is 27.8 Å². The van der Waals surface area contributed by atoms with Gasteiger partial charge in [0.25, 0.3) is 5.91 Å². The zero-order valence-electron chi connectivity index (χ0n) is 16.4. The summed E-state index contributed by atoms with van der Waals surface area (Å²) in [6.07, 6.45) is -1.08. The molecule has 2 atom stereocenters. The molecule has 1 fully saturated rings. The van der Waals surface area contributed by atoms with Gasteiger partial charge in [0.15, 0.2) is 11.8 Å². The van der Waals surface area contributed by atoms with Crippen LogP contribution in [-0.2, 0) is 26.1 Å². The summed E-state index contributed by atoms with van der Waals surface area (Å²) >= 11 is 0. The molecule has 2 amide bonds. The smallest absolute Gasteiger partial charge is 0.358 e. The molecule has 29 heavy (non-hydrogen) atoms.